The van der Waals surface area contributed by atoms with Crippen molar-refractivity contribution in [1.29, 1.82) is 0 Å². The monoisotopic (exact) mass is 647 g/mol. The third kappa shape index (κ3) is 6.75. The van der Waals surface area contributed by atoms with Gasteiger partial charge < -0.3 is 15.2 Å². The highest BCUT2D eigenvalue weighted by atomic mass is 32.2. The minimum atomic E-state index is -1.23. The molecule has 0 spiro atoms. The van der Waals surface area contributed by atoms with Crippen LogP contribution in [-0.2, 0) is 39.2 Å². The van der Waals surface area contributed by atoms with E-state index in [4.69, 9.17) is 4.74 Å². The number of nitro benzene ring substituents is 1. The number of anilines is 1. The van der Waals surface area contributed by atoms with Crippen molar-refractivity contribution in [2.24, 2.45) is 7.05 Å². The van der Waals surface area contributed by atoms with E-state index >= 15 is 0 Å². The van der Waals surface area contributed by atoms with Gasteiger partial charge in [-0.2, -0.15) is 0 Å². The van der Waals surface area contributed by atoms with Gasteiger partial charge in [0.2, 0.25) is 11.1 Å². The molecule has 17 nitrogen and oxygen atoms in total. The number of ether oxygens (including phenoxy) is 1. The van der Waals surface area contributed by atoms with Crippen LogP contribution in [0.1, 0.15) is 11.3 Å². The van der Waals surface area contributed by atoms with Crippen LogP contribution in [0.15, 0.2) is 46.1 Å². The number of benzene rings is 1. The van der Waals surface area contributed by atoms with Crippen LogP contribution in [-0.4, -0.2) is 86.9 Å². The average Bonchev–Trinajstić information content (AvgIpc) is 3.60. The highest BCUT2D eigenvalue weighted by Gasteiger charge is 2.54. The van der Waals surface area contributed by atoms with E-state index in [1.807, 2.05) is 0 Å². The Morgan fingerprint density at radius 3 is 2.72 bits per heavy atom. The first kappa shape index (κ1) is 29.9. The van der Waals surface area contributed by atoms with Gasteiger partial charge in [0, 0.05) is 36.1 Å². The minimum absolute atomic E-state index is 0.0806. The number of rotatable bonds is 11. The topological polar surface area (TPSA) is 225 Å². The minimum Gasteiger partial charge on any atom is -0.477 e. The molecule has 2 aliphatic heterocycles. The quantitative estimate of drug-likeness (QED) is 0.116. The van der Waals surface area contributed by atoms with Crippen molar-refractivity contribution in [3.05, 3.63) is 62.3 Å². The number of tetrazole rings is 1. The van der Waals surface area contributed by atoms with Crippen LogP contribution in [0.25, 0.3) is 0 Å². The number of hydrogen-bond donors (Lipinski definition) is 3. The van der Waals surface area contributed by atoms with Crippen LogP contribution in [0.3, 0.4) is 0 Å². The molecule has 0 radical (unpaired) electrons. The molecule has 2 aliphatic rings. The number of thiazole rings is 1. The van der Waals surface area contributed by atoms with Crippen LogP contribution in [0.5, 0.6) is 0 Å². The summed E-state index contributed by atoms with van der Waals surface area (Å²) in [7, 11) is 1.66. The van der Waals surface area contributed by atoms with Crippen molar-refractivity contribution in [2.45, 2.75) is 29.6 Å². The smallest absolute Gasteiger partial charge is 0.413 e. The van der Waals surface area contributed by atoms with Gasteiger partial charge in [-0.3, -0.25) is 29.9 Å². The van der Waals surface area contributed by atoms with Gasteiger partial charge in [-0.1, -0.05) is 11.8 Å². The van der Waals surface area contributed by atoms with Gasteiger partial charge in [-0.05, 0) is 33.7 Å². The number of thioether (sulfide) groups is 2. The predicted molar refractivity (Wildman–Crippen MR) is 152 cm³/mol. The first-order chi connectivity index (χ1) is 20.6. The summed E-state index contributed by atoms with van der Waals surface area (Å²) in [5.41, 5.74) is 1.27. The number of amides is 3. The summed E-state index contributed by atoms with van der Waals surface area (Å²) in [6.07, 6.45) is -0.974. The second kappa shape index (κ2) is 12.8. The maximum Gasteiger partial charge on any atom is 0.413 e. The zero-order valence-electron chi connectivity index (χ0n) is 22.0. The standard InChI is InChI=1S/C23H21N9O8S3/c1-30-22(27-28-29-30)43-9-12-8-41-19-16(18(34)31(19)17(12)20(35)36)25-15(33)6-13-10-42-21(24-13)26-23(37)40-7-11-2-4-14(5-3-11)32(38)39/h2-5,10,16,19H,6-9H2,1H3,(H,25,33)(H,35,36)(H,24,26,37)/t16?,19-/m1/s1. The SMILES string of the molecule is Cn1nnnc1SCC1=C(C(=O)O)N2C(=O)C(NC(=O)Cc3csc(NC(=O)OCc4ccc([N+](=O)[O-])cc4)n3)[C@H]2SC1. The number of nitro groups is 1. The Hall–Kier alpha value is -4.56. The van der Waals surface area contributed by atoms with Gasteiger partial charge >= 0.3 is 12.1 Å². The molecule has 1 saturated heterocycles. The molecular formula is C23H21N9O8S3. The molecule has 3 aromatic rings. The number of carbonyl (C=O) groups is 4. The number of aromatic nitrogens is 5. The lowest BCUT2D eigenvalue weighted by Crippen LogP contribution is -2.70. The number of carbonyl (C=O) groups excluding carboxylic acids is 3. The molecule has 3 amide bonds. The van der Waals surface area contributed by atoms with E-state index < -0.39 is 40.2 Å². The Morgan fingerprint density at radius 1 is 1.28 bits per heavy atom. The molecule has 2 atom stereocenters. The maximum atomic E-state index is 12.9. The third-order valence-corrected chi connectivity index (χ3v) is 9.39. The summed E-state index contributed by atoms with van der Waals surface area (Å²) < 4.78 is 6.56. The van der Waals surface area contributed by atoms with E-state index in [1.54, 1.807) is 12.4 Å². The Morgan fingerprint density at radius 2 is 2.05 bits per heavy atom. The highest BCUT2D eigenvalue weighted by Crippen LogP contribution is 2.41. The van der Waals surface area contributed by atoms with Gasteiger partial charge in [0.25, 0.3) is 11.6 Å². The molecule has 3 N–H and O–H groups in total. The molecule has 0 aliphatic carbocycles. The molecule has 1 fully saturated rings. The van der Waals surface area contributed by atoms with Crippen molar-refractivity contribution < 1.29 is 33.9 Å². The number of nitrogens with one attached hydrogen (secondary N) is 2. The Kier molecular flexibility index (Phi) is 8.87. The van der Waals surface area contributed by atoms with E-state index in [0.29, 0.717) is 27.7 Å². The summed E-state index contributed by atoms with van der Waals surface area (Å²) in [4.78, 5) is 65.4. The zero-order valence-corrected chi connectivity index (χ0v) is 24.5. The van der Waals surface area contributed by atoms with Crippen LogP contribution in [0.2, 0.25) is 0 Å². The number of nitrogens with zero attached hydrogens (tertiary/aromatic N) is 7. The van der Waals surface area contributed by atoms with Crippen LogP contribution < -0.4 is 10.6 Å². The summed E-state index contributed by atoms with van der Waals surface area (Å²) in [6.45, 7) is -0.117. The molecule has 20 heteroatoms. The maximum absolute atomic E-state index is 12.9. The number of non-ortho nitro benzene ring substituents is 1. The molecule has 5 rings (SSSR count). The molecule has 43 heavy (non-hydrogen) atoms. The fraction of sp³-hybridized carbons (Fsp3) is 0.304. The molecule has 4 heterocycles. The lowest BCUT2D eigenvalue weighted by molar-refractivity contribution is -0.384. The van der Waals surface area contributed by atoms with Crippen molar-refractivity contribution in [2.75, 3.05) is 16.8 Å². The van der Waals surface area contributed by atoms with Crippen molar-refractivity contribution >= 4 is 69.6 Å². The number of hydrogen-bond acceptors (Lipinski definition) is 14. The number of aliphatic carboxylic acids is 1. The molecular weight excluding hydrogens is 627 g/mol. The van der Waals surface area contributed by atoms with Crippen molar-refractivity contribution in [1.82, 2.24) is 35.4 Å². The summed E-state index contributed by atoms with van der Waals surface area (Å²) >= 11 is 3.68. The van der Waals surface area contributed by atoms with Gasteiger partial charge in [-0.15, -0.1) is 28.2 Å². The van der Waals surface area contributed by atoms with Crippen molar-refractivity contribution in [3.8, 4) is 0 Å². The average molecular weight is 648 g/mol. The molecule has 1 unspecified atom stereocenters. The van der Waals surface area contributed by atoms with E-state index in [-0.39, 0.29) is 35.3 Å². The number of carboxylic acid groups (broad SMARTS) is 1. The zero-order chi connectivity index (χ0) is 30.7. The van der Waals surface area contributed by atoms with Crippen LogP contribution in [0, 0.1) is 10.1 Å². The number of aryl methyl sites for hydroxylation is 1. The molecule has 1 aromatic carbocycles. The molecule has 224 valence electrons. The normalized spacial score (nSPS) is 17.6. The molecule has 0 saturated carbocycles. The fourth-order valence-electron chi connectivity index (χ4n) is 4.11. The highest BCUT2D eigenvalue weighted by molar-refractivity contribution is 8.01. The first-order valence-corrected chi connectivity index (χ1v) is 15.2. The van der Waals surface area contributed by atoms with Gasteiger partial charge in [0.15, 0.2) is 5.13 Å². The number of fused-ring (bicyclic) bond motifs is 1. The molecule has 0 bridgehead atoms. The Bertz CT molecular complexity index is 1620. The first-order valence-electron chi connectivity index (χ1n) is 12.3. The summed E-state index contributed by atoms with van der Waals surface area (Å²) in [5.74, 6) is -1.62. The molecule has 2 aromatic heterocycles. The van der Waals surface area contributed by atoms with E-state index in [0.717, 1.165) is 11.3 Å². The summed E-state index contributed by atoms with van der Waals surface area (Å²) in [5, 5.41) is 38.5. The van der Waals surface area contributed by atoms with Crippen LogP contribution >= 0.6 is 34.9 Å². The fourth-order valence-corrected chi connectivity index (χ4v) is 7.14. The van der Waals surface area contributed by atoms with E-state index in [1.165, 1.54) is 57.4 Å². The van der Waals surface area contributed by atoms with Gasteiger partial charge in [0.1, 0.15) is 23.7 Å². The Labute approximate surface area is 254 Å². The lowest BCUT2D eigenvalue weighted by atomic mass is 10.0. The number of carboxylic acids is 1. The number of β-lactam (4-membered cyclic amide) rings is 1. The Balaban J connectivity index is 1.11. The largest absolute Gasteiger partial charge is 0.477 e. The van der Waals surface area contributed by atoms with E-state index in [9.17, 15) is 34.4 Å². The van der Waals surface area contributed by atoms with E-state index in [2.05, 4.69) is 31.1 Å². The van der Waals surface area contributed by atoms with Gasteiger partial charge in [-0.25, -0.2) is 19.3 Å². The second-order valence-corrected chi connectivity index (χ2v) is 11.9. The second-order valence-electron chi connectivity index (χ2n) is 9.03. The van der Waals surface area contributed by atoms with Crippen LogP contribution in [0.4, 0.5) is 15.6 Å². The summed E-state index contributed by atoms with van der Waals surface area (Å²) in [6, 6.07) is 4.65. The third-order valence-electron chi connectivity index (χ3n) is 6.14. The predicted octanol–water partition coefficient (Wildman–Crippen LogP) is 1.40. The van der Waals surface area contributed by atoms with Crippen molar-refractivity contribution in [3.63, 3.8) is 0 Å². The lowest BCUT2D eigenvalue weighted by Gasteiger charge is -2.49. The van der Waals surface area contributed by atoms with Gasteiger partial charge in [0.05, 0.1) is 17.0 Å².